The summed E-state index contributed by atoms with van der Waals surface area (Å²) in [5.74, 6) is 0.671. The van der Waals surface area contributed by atoms with Gasteiger partial charge in [0, 0.05) is 19.5 Å². The third-order valence-electron chi connectivity index (χ3n) is 4.83. The molecule has 2 aliphatic heterocycles. The Balaban J connectivity index is 1.61. The molecule has 2 fully saturated rings. The van der Waals surface area contributed by atoms with Crippen molar-refractivity contribution in [2.24, 2.45) is 5.92 Å². The van der Waals surface area contributed by atoms with Crippen LogP contribution in [-0.2, 0) is 9.59 Å². The first-order valence-electron chi connectivity index (χ1n) is 8.15. The number of nitrogens with zero attached hydrogens (tertiary/aromatic N) is 2. The highest BCUT2D eigenvalue weighted by Crippen LogP contribution is 2.33. The Labute approximate surface area is 134 Å². The van der Waals surface area contributed by atoms with E-state index in [9.17, 15) is 9.59 Å². The number of fused-ring (bicyclic) bond motifs is 1. The number of aromatic nitrogens is 2. The number of imidazole rings is 1. The SMILES string of the molecule is Cc1ccc2nc(C3CCCN3C(=O)C3CNC(=O)C3)[nH]c2c1. The molecule has 2 unspecified atom stereocenters. The van der Waals surface area contributed by atoms with E-state index in [0.29, 0.717) is 13.0 Å². The molecule has 0 saturated carbocycles. The van der Waals surface area contributed by atoms with Crippen molar-refractivity contribution in [2.45, 2.75) is 32.2 Å². The molecule has 0 radical (unpaired) electrons. The van der Waals surface area contributed by atoms with Gasteiger partial charge in [0.1, 0.15) is 5.82 Å². The topological polar surface area (TPSA) is 78.1 Å². The molecule has 2 aliphatic rings. The minimum atomic E-state index is -0.227. The number of carbonyl (C=O) groups is 2. The predicted molar refractivity (Wildman–Crippen MR) is 85.6 cm³/mol. The maximum atomic E-state index is 12.7. The van der Waals surface area contributed by atoms with Gasteiger partial charge in [-0.25, -0.2) is 4.98 Å². The van der Waals surface area contributed by atoms with E-state index < -0.39 is 0 Å². The number of carbonyl (C=O) groups excluding carboxylic acids is 2. The number of hydrogen-bond donors (Lipinski definition) is 2. The van der Waals surface area contributed by atoms with Crippen LogP contribution in [0.15, 0.2) is 18.2 Å². The summed E-state index contributed by atoms with van der Waals surface area (Å²) in [7, 11) is 0. The normalized spacial score (nSPS) is 24.4. The predicted octanol–water partition coefficient (Wildman–Crippen LogP) is 1.67. The Morgan fingerprint density at radius 1 is 1.39 bits per heavy atom. The number of likely N-dealkylation sites (tertiary alicyclic amines) is 1. The fourth-order valence-corrected chi connectivity index (χ4v) is 3.63. The van der Waals surface area contributed by atoms with E-state index in [-0.39, 0.29) is 23.8 Å². The van der Waals surface area contributed by atoms with Crippen molar-refractivity contribution in [3.05, 3.63) is 29.6 Å². The fraction of sp³-hybridized carbons (Fsp3) is 0.471. The second-order valence-corrected chi connectivity index (χ2v) is 6.54. The highest BCUT2D eigenvalue weighted by Gasteiger charge is 2.38. The van der Waals surface area contributed by atoms with Crippen molar-refractivity contribution in [3.63, 3.8) is 0 Å². The molecular formula is C17H20N4O2. The molecule has 6 heteroatoms. The van der Waals surface area contributed by atoms with Crippen LogP contribution in [0.25, 0.3) is 11.0 Å². The van der Waals surface area contributed by atoms with Crippen molar-refractivity contribution in [3.8, 4) is 0 Å². The Bertz CT molecular complexity index is 782. The Morgan fingerprint density at radius 3 is 3.04 bits per heavy atom. The maximum absolute atomic E-state index is 12.7. The lowest BCUT2D eigenvalue weighted by molar-refractivity contribution is -0.136. The molecule has 1 aromatic carbocycles. The van der Waals surface area contributed by atoms with Crippen molar-refractivity contribution in [1.82, 2.24) is 20.2 Å². The molecule has 2 aromatic rings. The molecule has 0 aliphatic carbocycles. The molecular weight excluding hydrogens is 292 g/mol. The van der Waals surface area contributed by atoms with E-state index in [1.165, 1.54) is 5.56 Å². The number of hydrogen-bond acceptors (Lipinski definition) is 3. The Morgan fingerprint density at radius 2 is 2.26 bits per heavy atom. The maximum Gasteiger partial charge on any atom is 0.228 e. The van der Waals surface area contributed by atoms with Crippen molar-refractivity contribution in [2.75, 3.05) is 13.1 Å². The largest absolute Gasteiger partial charge is 0.355 e. The van der Waals surface area contributed by atoms with Crippen LogP contribution < -0.4 is 5.32 Å². The smallest absolute Gasteiger partial charge is 0.228 e. The van der Waals surface area contributed by atoms with Gasteiger partial charge in [0.2, 0.25) is 11.8 Å². The standard InChI is InChI=1S/C17H20N4O2/c1-10-4-5-12-13(7-10)20-16(19-12)14-3-2-6-21(14)17(23)11-8-15(22)18-9-11/h4-5,7,11,14H,2-3,6,8-9H2,1H3,(H,18,22)(H,19,20). The van der Waals surface area contributed by atoms with Gasteiger partial charge in [-0.05, 0) is 37.5 Å². The molecule has 23 heavy (non-hydrogen) atoms. The van der Waals surface area contributed by atoms with E-state index >= 15 is 0 Å². The number of rotatable bonds is 2. The highest BCUT2D eigenvalue weighted by atomic mass is 16.2. The molecule has 120 valence electrons. The van der Waals surface area contributed by atoms with E-state index in [2.05, 4.69) is 28.3 Å². The summed E-state index contributed by atoms with van der Waals surface area (Å²) < 4.78 is 0. The zero-order chi connectivity index (χ0) is 16.0. The van der Waals surface area contributed by atoms with E-state index in [1.807, 2.05) is 17.0 Å². The number of H-pyrrole nitrogens is 1. The monoisotopic (exact) mass is 312 g/mol. The van der Waals surface area contributed by atoms with Crippen LogP contribution in [0.5, 0.6) is 0 Å². The highest BCUT2D eigenvalue weighted by molar-refractivity contribution is 5.89. The minimum absolute atomic E-state index is 0.00842. The Kier molecular flexibility index (Phi) is 3.32. The van der Waals surface area contributed by atoms with E-state index in [1.54, 1.807) is 0 Å². The van der Waals surface area contributed by atoms with Gasteiger partial charge in [-0.1, -0.05) is 6.07 Å². The zero-order valence-corrected chi connectivity index (χ0v) is 13.1. The van der Waals surface area contributed by atoms with Gasteiger partial charge in [-0.2, -0.15) is 0 Å². The second kappa shape index (κ2) is 5.37. The quantitative estimate of drug-likeness (QED) is 0.885. The summed E-state index contributed by atoms with van der Waals surface area (Å²) in [5, 5.41) is 2.75. The average Bonchev–Trinajstić information content (AvgIpc) is 3.23. The molecule has 2 atom stereocenters. The molecule has 2 N–H and O–H groups in total. The van der Waals surface area contributed by atoms with Crippen molar-refractivity contribution >= 4 is 22.8 Å². The fourth-order valence-electron chi connectivity index (χ4n) is 3.63. The molecule has 1 aromatic heterocycles. The molecule has 2 saturated heterocycles. The molecule has 2 amide bonds. The average molecular weight is 312 g/mol. The lowest BCUT2D eigenvalue weighted by atomic mass is 10.1. The summed E-state index contributed by atoms with van der Waals surface area (Å²) in [6.07, 6.45) is 2.20. The van der Waals surface area contributed by atoms with Gasteiger partial charge < -0.3 is 15.2 Å². The lowest BCUT2D eigenvalue weighted by Gasteiger charge is -2.25. The van der Waals surface area contributed by atoms with E-state index in [0.717, 1.165) is 36.2 Å². The number of aryl methyl sites for hydroxylation is 1. The Hall–Kier alpha value is -2.37. The number of aromatic amines is 1. The van der Waals surface area contributed by atoms with Crippen LogP contribution in [-0.4, -0.2) is 39.8 Å². The third-order valence-corrected chi connectivity index (χ3v) is 4.83. The number of benzene rings is 1. The second-order valence-electron chi connectivity index (χ2n) is 6.54. The molecule has 4 rings (SSSR count). The van der Waals surface area contributed by atoms with Gasteiger partial charge >= 0.3 is 0 Å². The van der Waals surface area contributed by atoms with Gasteiger partial charge in [0.15, 0.2) is 0 Å². The van der Waals surface area contributed by atoms with Crippen LogP contribution >= 0.6 is 0 Å². The first kappa shape index (κ1) is 14.2. The molecule has 0 spiro atoms. The summed E-state index contributed by atoms with van der Waals surface area (Å²) in [5.41, 5.74) is 3.13. The molecule has 0 bridgehead atoms. The van der Waals surface area contributed by atoms with Crippen LogP contribution in [0.2, 0.25) is 0 Å². The zero-order valence-electron chi connectivity index (χ0n) is 13.1. The van der Waals surface area contributed by atoms with Gasteiger partial charge in [0.25, 0.3) is 0 Å². The van der Waals surface area contributed by atoms with Crippen LogP contribution in [0.3, 0.4) is 0 Å². The minimum Gasteiger partial charge on any atom is -0.355 e. The van der Waals surface area contributed by atoms with Crippen LogP contribution in [0, 0.1) is 12.8 Å². The first-order valence-corrected chi connectivity index (χ1v) is 8.15. The van der Waals surface area contributed by atoms with Gasteiger partial charge in [-0.3, -0.25) is 9.59 Å². The number of amides is 2. The van der Waals surface area contributed by atoms with Crippen molar-refractivity contribution in [1.29, 1.82) is 0 Å². The molecule has 6 nitrogen and oxygen atoms in total. The summed E-state index contributed by atoms with van der Waals surface area (Å²) in [4.78, 5) is 34.1. The summed E-state index contributed by atoms with van der Waals surface area (Å²) in [6, 6.07) is 6.11. The van der Waals surface area contributed by atoms with Crippen LogP contribution in [0.4, 0.5) is 0 Å². The van der Waals surface area contributed by atoms with E-state index in [4.69, 9.17) is 0 Å². The first-order chi connectivity index (χ1) is 11.1. The van der Waals surface area contributed by atoms with Gasteiger partial charge in [0.05, 0.1) is 23.0 Å². The van der Waals surface area contributed by atoms with Crippen LogP contribution in [0.1, 0.15) is 36.7 Å². The lowest BCUT2D eigenvalue weighted by Crippen LogP contribution is -2.36. The summed E-state index contributed by atoms with van der Waals surface area (Å²) in [6.45, 7) is 3.25. The number of nitrogens with one attached hydrogen (secondary N) is 2. The van der Waals surface area contributed by atoms with Gasteiger partial charge in [-0.15, -0.1) is 0 Å². The van der Waals surface area contributed by atoms with Crippen molar-refractivity contribution < 1.29 is 9.59 Å². The third kappa shape index (κ3) is 2.48. The summed E-state index contributed by atoms with van der Waals surface area (Å²) >= 11 is 0. The molecule has 3 heterocycles.